The van der Waals surface area contributed by atoms with E-state index in [1.165, 1.54) is 29.4 Å². The molecule has 3 aliphatic rings. The molecule has 3 fully saturated rings. The molecular formula is C21H29N5O. The number of rotatable bonds is 5. The van der Waals surface area contributed by atoms with Gasteiger partial charge in [-0.2, -0.15) is 4.98 Å². The molecule has 5 rings (SSSR count). The third-order valence-electron chi connectivity index (χ3n) is 6.73. The predicted molar refractivity (Wildman–Crippen MR) is 108 cm³/mol. The fraction of sp³-hybridized carbons (Fsp3) is 0.524. The summed E-state index contributed by atoms with van der Waals surface area (Å²) in [4.78, 5) is 18.4. The second-order valence-corrected chi connectivity index (χ2v) is 8.27. The fourth-order valence-electron chi connectivity index (χ4n) is 4.88. The van der Waals surface area contributed by atoms with Crippen LogP contribution in [-0.2, 0) is 6.54 Å². The molecule has 0 radical (unpaired) electrons. The highest BCUT2D eigenvalue weighted by Gasteiger charge is 2.49. The number of nitrogens with two attached hydrogens (primary N) is 2. The minimum Gasteiger partial charge on any atom is -0.383 e. The molecule has 144 valence electrons. The monoisotopic (exact) mass is 367 g/mol. The summed E-state index contributed by atoms with van der Waals surface area (Å²) in [5.41, 5.74) is 14.2. The summed E-state index contributed by atoms with van der Waals surface area (Å²) >= 11 is 0. The topological polar surface area (TPSA) is 90.2 Å². The van der Waals surface area contributed by atoms with Crippen molar-refractivity contribution < 1.29 is 0 Å². The molecule has 6 nitrogen and oxygen atoms in total. The largest absolute Gasteiger partial charge is 0.383 e. The van der Waals surface area contributed by atoms with E-state index in [4.69, 9.17) is 11.5 Å². The summed E-state index contributed by atoms with van der Waals surface area (Å²) in [5, 5.41) is 0. The van der Waals surface area contributed by atoms with Gasteiger partial charge in [-0.15, -0.1) is 0 Å². The number of nitrogens with zero attached hydrogens (tertiary/aromatic N) is 3. The Kier molecular flexibility index (Phi) is 4.56. The minimum absolute atomic E-state index is 0.100. The molecule has 4 N–H and O–H groups in total. The van der Waals surface area contributed by atoms with Gasteiger partial charge in [0.05, 0.1) is 5.69 Å². The standard InChI is InChI=1S/C21H29N5O/c1-2-25(21-11-8-20(23,9-12-21)10-13-21)15-16-3-5-17(6-4-16)26-14-7-18(22)24-19(26)27/h3-7,14H,2,8-13,15,23H2,1H3,(H2,22,24,27). The SMILES string of the molecule is CCN(Cc1ccc(-n2ccc(N)nc2=O)cc1)C12CCC(N)(CC1)CC2. The maximum Gasteiger partial charge on any atom is 0.354 e. The summed E-state index contributed by atoms with van der Waals surface area (Å²) in [6.07, 6.45) is 8.74. The van der Waals surface area contributed by atoms with Gasteiger partial charge in [-0.1, -0.05) is 19.1 Å². The Morgan fingerprint density at radius 1 is 1.07 bits per heavy atom. The van der Waals surface area contributed by atoms with Gasteiger partial charge in [0.2, 0.25) is 0 Å². The van der Waals surface area contributed by atoms with E-state index in [0.717, 1.165) is 38.0 Å². The van der Waals surface area contributed by atoms with Crippen LogP contribution in [0, 0.1) is 0 Å². The van der Waals surface area contributed by atoms with Gasteiger partial charge >= 0.3 is 5.69 Å². The van der Waals surface area contributed by atoms with Crippen LogP contribution in [0.5, 0.6) is 0 Å². The van der Waals surface area contributed by atoms with Crippen LogP contribution < -0.4 is 17.2 Å². The first-order valence-electron chi connectivity index (χ1n) is 9.92. The van der Waals surface area contributed by atoms with Crippen molar-refractivity contribution in [3.05, 3.63) is 52.6 Å². The number of nitrogen functional groups attached to an aromatic ring is 1. The molecule has 1 heterocycles. The highest BCUT2D eigenvalue weighted by atomic mass is 16.1. The third kappa shape index (κ3) is 3.39. The zero-order chi connectivity index (χ0) is 19.1. The average Bonchev–Trinajstić information content (AvgIpc) is 2.68. The van der Waals surface area contributed by atoms with Crippen LogP contribution in [0.3, 0.4) is 0 Å². The number of hydrogen-bond donors (Lipinski definition) is 2. The summed E-state index contributed by atoms with van der Waals surface area (Å²) in [6.45, 7) is 4.23. The van der Waals surface area contributed by atoms with E-state index in [9.17, 15) is 4.79 Å². The van der Waals surface area contributed by atoms with Crippen molar-refractivity contribution in [1.29, 1.82) is 0 Å². The maximum absolute atomic E-state index is 12.0. The molecule has 2 bridgehead atoms. The lowest BCUT2D eigenvalue weighted by Gasteiger charge is -2.56. The van der Waals surface area contributed by atoms with Crippen LogP contribution >= 0.6 is 0 Å². The summed E-state index contributed by atoms with van der Waals surface area (Å²) in [5.74, 6) is 0.243. The van der Waals surface area contributed by atoms with Gasteiger partial charge in [0, 0.05) is 23.8 Å². The Bertz CT molecular complexity index is 848. The van der Waals surface area contributed by atoms with Gasteiger partial charge in [0.25, 0.3) is 0 Å². The zero-order valence-electron chi connectivity index (χ0n) is 16.0. The number of benzene rings is 1. The fourth-order valence-corrected chi connectivity index (χ4v) is 4.88. The second kappa shape index (κ2) is 6.77. The molecular weight excluding hydrogens is 338 g/mol. The van der Waals surface area contributed by atoms with Crippen LogP contribution in [-0.4, -0.2) is 32.1 Å². The van der Waals surface area contributed by atoms with Crippen molar-refractivity contribution in [2.24, 2.45) is 5.73 Å². The van der Waals surface area contributed by atoms with Crippen LogP contribution in [0.4, 0.5) is 5.82 Å². The Morgan fingerprint density at radius 2 is 1.70 bits per heavy atom. The summed E-state index contributed by atoms with van der Waals surface area (Å²) in [6, 6.07) is 9.81. The number of fused-ring (bicyclic) bond motifs is 3. The molecule has 1 aromatic heterocycles. The lowest BCUT2D eigenvalue weighted by atomic mass is 9.61. The molecule has 27 heavy (non-hydrogen) atoms. The summed E-state index contributed by atoms with van der Waals surface area (Å²) in [7, 11) is 0. The third-order valence-corrected chi connectivity index (χ3v) is 6.73. The molecule has 0 spiro atoms. The maximum atomic E-state index is 12.0. The Hall–Kier alpha value is -2.18. The molecule has 0 aliphatic heterocycles. The van der Waals surface area contributed by atoms with E-state index in [0.29, 0.717) is 5.54 Å². The zero-order valence-corrected chi connectivity index (χ0v) is 16.0. The van der Waals surface area contributed by atoms with Crippen LogP contribution in [0.2, 0.25) is 0 Å². The van der Waals surface area contributed by atoms with Gasteiger partial charge in [-0.05, 0) is 68.8 Å². The van der Waals surface area contributed by atoms with Crippen molar-refractivity contribution in [1.82, 2.24) is 14.5 Å². The summed E-state index contributed by atoms with van der Waals surface area (Å²) < 4.78 is 1.51. The molecule has 2 aromatic rings. The van der Waals surface area contributed by atoms with E-state index in [1.54, 1.807) is 12.3 Å². The first-order chi connectivity index (χ1) is 12.9. The van der Waals surface area contributed by atoms with E-state index in [-0.39, 0.29) is 17.0 Å². The van der Waals surface area contributed by atoms with E-state index in [1.807, 2.05) is 12.1 Å². The van der Waals surface area contributed by atoms with Crippen molar-refractivity contribution in [3.63, 3.8) is 0 Å². The van der Waals surface area contributed by atoms with Crippen molar-refractivity contribution in [2.45, 2.75) is 63.1 Å². The van der Waals surface area contributed by atoms with E-state index >= 15 is 0 Å². The van der Waals surface area contributed by atoms with Crippen LogP contribution in [0.25, 0.3) is 5.69 Å². The van der Waals surface area contributed by atoms with Gasteiger partial charge in [0.1, 0.15) is 5.82 Å². The molecule has 0 saturated heterocycles. The van der Waals surface area contributed by atoms with Gasteiger partial charge in [-0.25, -0.2) is 4.79 Å². The second-order valence-electron chi connectivity index (χ2n) is 8.27. The highest BCUT2D eigenvalue weighted by molar-refractivity contribution is 5.36. The van der Waals surface area contributed by atoms with E-state index < -0.39 is 0 Å². The average molecular weight is 367 g/mol. The minimum atomic E-state index is -0.355. The van der Waals surface area contributed by atoms with Crippen molar-refractivity contribution >= 4 is 5.82 Å². The van der Waals surface area contributed by atoms with Crippen molar-refractivity contribution in [2.75, 3.05) is 12.3 Å². The molecule has 6 heteroatoms. The quantitative estimate of drug-likeness (QED) is 0.847. The molecule has 3 saturated carbocycles. The molecule has 1 aromatic carbocycles. The Morgan fingerprint density at radius 3 is 2.26 bits per heavy atom. The number of aromatic nitrogens is 2. The first-order valence-corrected chi connectivity index (χ1v) is 9.92. The van der Waals surface area contributed by atoms with Crippen molar-refractivity contribution in [3.8, 4) is 5.69 Å². The predicted octanol–water partition coefficient (Wildman–Crippen LogP) is 2.44. The number of anilines is 1. The molecule has 3 aliphatic carbocycles. The molecule has 0 amide bonds. The lowest BCUT2D eigenvalue weighted by Crippen LogP contribution is -2.61. The number of hydrogen-bond acceptors (Lipinski definition) is 5. The van der Waals surface area contributed by atoms with Gasteiger partial charge in [-0.3, -0.25) is 9.47 Å². The van der Waals surface area contributed by atoms with Crippen LogP contribution in [0.15, 0.2) is 41.3 Å². The highest BCUT2D eigenvalue weighted by Crippen LogP contribution is 2.49. The van der Waals surface area contributed by atoms with Crippen LogP contribution in [0.1, 0.15) is 51.0 Å². The Labute approximate surface area is 160 Å². The van der Waals surface area contributed by atoms with Gasteiger partial charge < -0.3 is 11.5 Å². The molecule has 0 atom stereocenters. The molecule has 0 unspecified atom stereocenters. The first kappa shape index (κ1) is 18.2. The normalized spacial score (nSPS) is 27.2. The smallest absolute Gasteiger partial charge is 0.354 e. The van der Waals surface area contributed by atoms with E-state index in [2.05, 4.69) is 28.9 Å². The van der Waals surface area contributed by atoms with Gasteiger partial charge in [0.15, 0.2) is 0 Å². The lowest BCUT2D eigenvalue weighted by molar-refractivity contribution is -0.0241. The Balaban J connectivity index is 1.51.